The molecule has 1 aromatic carbocycles. The number of aromatic nitrogens is 2. The molecular weight excluding hydrogens is 344 g/mol. The van der Waals surface area contributed by atoms with E-state index in [0.717, 1.165) is 48.5 Å². The summed E-state index contributed by atoms with van der Waals surface area (Å²) in [6, 6.07) is 9.73. The minimum atomic E-state index is 0.0339. The first-order valence-corrected chi connectivity index (χ1v) is 8.29. The van der Waals surface area contributed by atoms with E-state index in [0.29, 0.717) is 5.69 Å². The zero-order chi connectivity index (χ0) is 15.5. The smallest absolute Gasteiger partial charge is 0.271 e. The zero-order valence-electron chi connectivity index (χ0n) is 12.6. The van der Waals surface area contributed by atoms with Crippen molar-refractivity contribution >= 4 is 21.8 Å². The lowest BCUT2D eigenvalue weighted by Gasteiger charge is -2.33. The predicted molar refractivity (Wildman–Crippen MR) is 89.7 cm³/mol. The van der Waals surface area contributed by atoms with Crippen LogP contribution >= 0.6 is 15.9 Å². The summed E-state index contributed by atoms with van der Waals surface area (Å²) in [5.41, 5.74) is 2.35. The number of carbonyl (C=O) groups is 1. The normalized spacial score (nSPS) is 16.0. The summed E-state index contributed by atoms with van der Waals surface area (Å²) in [6.07, 6.45) is 0. The number of piperazine rings is 1. The highest BCUT2D eigenvalue weighted by Crippen LogP contribution is 2.21. The molecule has 2 heterocycles. The molecule has 0 radical (unpaired) electrons. The monoisotopic (exact) mass is 362 g/mol. The van der Waals surface area contributed by atoms with Gasteiger partial charge in [0.15, 0.2) is 0 Å². The fraction of sp³-hybridized carbons (Fsp3) is 0.375. The van der Waals surface area contributed by atoms with Gasteiger partial charge in [-0.3, -0.25) is 9.89 Å². The number of nitrogens with one attached hydrogen (secondary N) is 1. The molecule has 1 N–H and O–H groups in total. The fourth-order valence-corrected chi connectivity index (χ4v) is 2.90. The maximum absolute atomic E-state index is 12.5. The zero-order valence-corrected chi connectivity index (χ0v) is 14.1. The van der Waals surface area contributed by atoms with Crippen molar-refractivity contribution in [3.8, 4) is 11.3 Å². The van der Waals surface area contributed by atoms with Crippen LogP contribution in [0.1, 0.15) is 17.4 Å². The topological polar surface area (TPSA) is 52.2 Å². The Labute approximate surface area is 138 Å². The summed E-state index contributed by atoms with van der Waals surface area (Å²) in [7, 11) is 0. The Balaban J connectivity index is 1.71. The average molecular weight is 363 g/mol. The molecule has 1 amide bonds. The number of carbonyl (C=O) groups excluding carboxylic acids is 1. The third-order valence-corrected chi connectivity index (χ3v) is 4.58. The molecule has 0 unspecified atom stereocenters. The molecule has 2 aromatic rings. The average Bonchev–Trinajstić information content (AvgIpc) is 3.05. The molecule has 0 saturated carbocycles. The van der Waals surface area contributed by atoms with Gasteiger partial charge in [-0.05, 0) is 24.7 Å². The Morgan fingerprint density at radius 3 is 2.55 bits per heavy atom. The maximum atomic E-state index is 12.5. The second-order valence-corrected chi connectivity index (χ2v) is 6.32. The van der Waals surface area contributed by atoms with Crippen LogP contribution in [0, 0.1) is 0 Å². The van der Waals surface area contributed by atoms with E-state index >= 15 is 0 Å². The van der Waals surface area contributed by atoms with Crippen molar-refractivity contribution in [2.75, 3.05) is 32.7 Å². The van der Waals surface area contributed by atoms with E-state index in [4.69, 9.17) is 0 Å². The Morgan fingerprint density at radius 2 is 1.91 bits per heavy atom. The van der Waals surface area contributed by atoms with Gasteiger partial charge in [0.2, 0.25) is 0 Å². The molecule has 0 aliphatic carbocycles. The summed E-state index contributed by atoms with van der Waals surface area (Å²) >= 11 is 3.42. The number of rotatable bonds is 3. The molecule has 0 atom stereocenters. The number of aromatic amines is 1. The van der Waals surface area contributed by atoms with Crippen LogP contribution < -0.4 is 0 Å². The Kier molecular flexibility index (Phi) is 4.59. The fourth-order valence-electron chi connectivity index (χ4n) is 2.64. The van der Waals surface area contributed by atoms with Crippen molar-refractivity contribution in [2.24, 2.45) is 0 Å². The highest BCUT2D eigenvalue weighted by Gasteiger charge is 2.22. The summed E-state index contributed by atoms with van der Waals surface area (Å²) < 4.78 is 1.02. The number of halogens is 1. The molecule has 1 aliphatic heterocycles. The van der Waals surface area contributed by atoms with Crippen molar-refractivity contribution in [3.63, 3.8) is 0 Å². The summed E-state index contributed by atoms with van der Waals surface area (Å²) in [5, 5.41) is 7.14. The SMILES string of the molecule is CCN1CCN(C(=O)c2cc(-c3ccc(Br)cc3)n[nH]2)CC1. The Morgan fingerprint density at radius 1 is 1.23 bits per heavy atom. The van der Waals surface area contributed by atoms with E-state index < -0.39 is 0 Å². The number of hydrogen-bond acceptors (Lipinski definition) is 3. The first-order chi connectivity index (χ1) is 10.7. The number of H-pyrrole nitrogens is 1. The van der Waals surface area contributed by atoms with E-state index in [9.17, 15) is 4.79 Å². The lowest BCUT2D eigenvalue weighted by molar-refractivity contribution is 0.0637. The summed E-state index contributed by atoms with van der Waals surface area (Å²) in [6.45, 7) is 6.63. The highest BCUT2D eigenvalue weighted by molar-refractivity contribution is 9.10. The van der Waals surface area contributed by atoms with E-state index in [1.165, 1.54) is 0 Å². The van der Waals surface area contributed by atoms with Gasteiger partial charge < -0.3 is 9.80 Å². The molecule has 1 aromatic heterocycles. The Hall–Kier alpha value is -1.66. The lowest BCUT2D eigenvalue weighted by atomic mass is 10.1. The van der Waals surface area contributed by atoms with Crippen LogP contribution in [-0.2, 0) is 0 Å². The highest BCUT2D eigenvalue weighted by atomic mass is 79.9. The van der Waals surface area contributed by atoms with Gasteiger partial charge in [-0.15, -0.1) is 0 Å². The molecule has 1 saturated heterocycles. The molecule has 5 nitrogen and oxygen atoms in total. The van der Waals surface area contributed by atoms with Crippen molar-refractivity contribution in [2.45, 2.75) is 6.92 Å². The predicted octanol–water partition coefficient (Wildman–Crippen LogP) is 2.62. The maximum Gasteiger partial charge on any atom is 0.271 e. The first kappa shape index (κ1) is 15.2. The molecule has 1 aliphatic rings. The van der Waals surface area contributed by atoms with Crippen LogP contribution in [0.2, 0.25) is 0 Å². The third kappa shape index (κ3) is 3.23. The van der Waals surface area contributed by atoms with E-state index in [2.05, 4.69) is 38.0 Å². The van der Waals surface area contributed by atoms with Gasteiger partial charge in [0.05, 0.1) is 5.69 Å². The van der Waals surface area contributed by atoms with Crippen LogP contribution in [0.15, 0.2) is 34.8 Å². The molecule has 1 fully saturated rings. The van der Waals surface area contributed by atoms with Gasteiger partial charge in [-0.2, -0.15) is 5.10 Å². The number of nitrogens with zero attached hydrogens (tertiary/aromatic N) is 3. The van der Waals surface area contributed by atoms with Crippen LogP contribution in [0.5, 0.6) is 0 Å². The molecular formula is C16H19BrN4O. The summed E-state index contributed by atoms with van der Waals surface area (Å²) in [4.78, 5) is 16.8. The standard InChI is InChI=1S/C16H19BrN4O/c1-2-20-7-9-21(10-8-20)16(22)15-11-14(18-19-15)12-3-5-13(17)6-4-12/h3-6,11H,2,7-10H2,1H3,(H,18,19). The van der Waals surface area contributed by atoms with E-state index in [1.54, 1.807) is 0 Å². The van der Waals surface area contributed by atoms with Crippen LogP contribution in [0.4, 0.5) is 0 Å². The first-order valence-electron chi connectivity index (χ1n) is 7.50. The van der Waals surface area contributed by atoms with Gasteiger partial charge in [0, 0.05) is 36.2 Å². The van der Waals surface area contributed by atoms with Gasteiger partial charge in [-0.25, -0.2) is 0 Å². The number of hydrogen-bond donors (Lipinski definition) is 1. The molecule has 0 spiro atoms. The van der Waals surface area contributed by atoms with Gasteiger partial charge in [-0.1, -0.05) is 35.0 Å². The lowest BCUT2D eigenvalue weighted by Crippen LogP contribution is -2.48. The molecule has 22 heavy (non-hydrogen) atoms. The van der Waals surface area contributed by atoms with Gasteiger partial charge in [0.1, 0.15) is 5.69 Å². The van der Waals surface area contributed by atoms with Crippen molar-refractivity contribution in [1.82, 2.24) is 20.0 Å². The molecule has 0 bridgehead atoms. The summed E-state index contributed by atoms with van der Waals surface area (Å²) in [5.74, 6) is 0.0339. The number of likely N-dealkylation sites (N-methyl/N-ethyl adjacent to an activating group) is 1. The minimum Gasteiger partial charge on any atom is -0.335 e. The van der Waals surface area contributed by atoms with Crippen LogP contribution in [-0.4, -0.2) is 58.6 Å². The molecule has 116 valence electrons. The molecule has 3 rings (SSSR count). The van der Waals surface area contributed by atoms with Crippen molar-refractivity contribution in [3.05, 3.63) is 40.5 Å². The second-order valence-electron chi connectivity index (χ2n) is 5.40. The number of benzene rings is 1. The third-order valence-electron chi connectivity index (χ3n) is 4.05. The molecule has 6 heteroatoms. The number of amides is 1. The van der Waals surface area contributed by atoms with Crippen molar-refractivity contribution < 1.29 is 4.79 Å². The van der Waals surface area contributed by atoms with E-state index in [1.807, 2.05) is 35.2 Å². The Bertz CT molecular complexity index is 644. The van der Waals surface area contributed by atoms with E-state index in [-0.39, 0.29) is 5.91 Å². The van der Waals surface area contributed by atoms with Crippen LogP contribution in [0.25, 0.3) is 11.3 Å². The van der Waals surface area contributed by atoms with Gasteiger partial charge >= 0.3 is 0 Å². The second kappa shape index (κ2) is 6.62. The quantitative estimate of drug-likeness (QED) is 0.912. The van der Waals surface area contributed by atoms with Gasteiger partial charge in [0.25, 0.3) is 5.91 Å². The van der Waals surface area contributed by atoms with Crippen molar-refractivity contribution in [1.29, 1.82) is 0 Å². The van der Waals surface area contributed by atoms with Crippen LogP contribution in [0.3, 0.4) is 0 Å². The minimum absolute atomic E-state index is 0.0339. The largest absolute Gasteiger partial charge is 0.335 e.